The Bertz CT molecular complexity index is 975. The third kappa shape index (κ3) is 3.33. The Kier molecular flexibility index (Phi) is 4.46. The van der Waals surface area contributed by atoms with Crippen molar-refractivity contribution in [2.45, 2.75) is 6.54 Å². The number of hydrogen-bond acceptors (Lipinski definition) is 4. The number of carbonyl (C=O) groups excluding carboxylic acids is 1. The molecule has 2 aromatic carbocycles. The van der Waals surface area contributed by atoms with Crippen LogP contribution in [0.15, 0.2) is 60.9 Å². The van der Waals surface area contributed by atoms with E-state index < -0.39 is 5.82 Å². The summed E-state index contributed by atoms with van der Waals surface area (Å²) in [6.07, 6.45) is 3.21. The van der Waals surface area contributed by atoms with Crippen LogP contribution in [0.25, 0.3) is 11.1 Å². The van der Waals surface area contributed by atoms with Crippen molar-refractivity contribution in [3.05, 3.63) is 72.3 Å². The van der Waals surface area contributed by atoms with E-state index >= 15 is 0 Å². The summed E-state index contributed by atoms with van der Waals surface area (Å²) < 4.78 is 25.2. The normalized spacial score (nSPS) is 13.1. The predicted molar refractivity (Wildman–Crippen MR) is 99.3 cm³/mol. The van der Waals surface area contributed by atoms with Gasteiger partial charge in [-0.1, -0.05) is 18.2 Å². The Labute approximate surface area is 156 Å². The van der Waals surface area contributed by atoms with Crippen molar-refractivity contribution in [3.63, 3.8) is 0 Å². The van der Waals surface area contributed by atoms with E-state index in [1.807, 2.05) is 24.3 Å². The van der Waals surface area contributed by atoms with E-state index in [1.54, 1.807) is 42.6 Å². The zero-order valence-electron chi connectivity index (χ0n) is 14.7. The number of pyridine rings is 1. The van der Waals surface area contributed by atoms with Crippen LogP contribution in [0.4, 0.5) is 10.1 Å². The van der Waals surface area contributed by atoms with Gasteiger partial charge in [0.2, 0.25) is 0 Å². The first-order valence-corrected chi connectivity index (χ1v) is 8.46. The lowest BCUT2D eigenvalue weighted by molar-refractivity contribution is -0.121. The van der Waals surface area contributed by atoms with Crippen LogP contribution in [0, 0.1) is 5.82 Å². The van der Waals surface area contributed by atoms with Crippen LogP contribution in [0.5, 0.6) is 11.5 Å². The molecule has 0 bridgehead atoms. The molecule has 0 atom stereocenters. The minimum absolute atomic E-state index is 0.116. The number of carbonyl (C=O) groups is 1. The number of fused-ring (bicyclic) bond motifs is 1. The van der Waals surface area contributed by atoms with Gasteiger partial charge in [0, 0.05) is 29.6 Å². The topological polar surface area (TPSA) is 51.7 Å². The first-order valence-electron chi connectivity index (χ1n) is 8.46. The number of rotatable bonds is 4. The highest BCUT2D eigenvalue weighted by molar-refractivity contribution is 5.98. The maximum Gasteiger partial charge on any atom is 0.265 e. The standard InChI is InChI=1S/C21H17FN2O3/c1-26-16-6-4-14(5-7-16)12-24-19-9-17(15-3-2-8-23-11-15)18(22)10-20(19)27-13-21(24)25/h2-11H,12-13H2,1H3. The van der Waals surface area contributed by atoms with Crippen molar-refractivity contribution in [2.24, 2.45) is 0 Å². The van der Waals surface area contributed by atoms with Gasteiger partial charge in [0.25, 0.3) is 5.91 Å². The quantitative estimate of drug-likeness (QED) is 0.706. The molecule has 1 amide bonds. The van der Waals surface area contributed by atoms with Crippen molar-refractivity contribution in [1.29, 1.82) is 0 Å². The van der Waals surface area contributed by atoms with E-state index in [9.17, 15) is 9.18 Å². The molecule has 1 aromatic heterocycles. The van der Waals surface area contributed by atoms with E-state index in [1.165, 1.54) is 6.07 Å². The van der Waals surface area contributed by atoms with Crippen LogP contribution in [0.1, 0.15) is 5.56 Å². The fourth-order valence-corrected chi connectivity index (χ4v) is 3.05. The smallest absolute Gasteiger partial charge is 0.265 e. The molecule has 0 unspecified atom stereocenters. The summed E-state index contributed by atoms with van der Waals surface area (Å²) in [5.74, 6) is 0.504. The lowest BCUT2D eigenvalue weighted by Crippen LogP contribution is -2.38. The monoisotopic (exact) mass is 364 g/mol. The lowest BCUT2D eigenvalue weighted by atomic mass is 10.0. The molecule has 3 aromatic rings. The van der Waals surface area contributed by atoms with Crippen molar-refractivity contribution >= 4 is 11.6 Å². The number of hydrogen-bond donors (Lipinski definition) is 0. The highest BCUT2D eigenvalue weighted by Crippen LogP contribution is 2.38. The molecule has 2 heterocycles. The third-order valence-electron chi connectivity index (χ3n) is 4.46. The van der Waals surface area contributed by atoms with E-state index in [2.05, 4.69) is 4.98 Å². The summed E-state index contributed by atoms with van der Waals surface area (Å²) in [7, 11) is 1.60. The zero-order chi connectivity index (χ0) is 18.8. The first-order chi connectivity index (χ1) is 13.2. The molecule has 1 aliphatic rings. The molecular weight excluding hydrogens is 347 g/mol. The average Bonchev–Trinajstić information content (AvgIpc) is 2.71. The van der Waals surface area contributed by atoms with E-state index in [4.69, 9.17) is 9.47 Å². The van der Waals surface area contributed by atoms with Gasteiger partial charge >= 0.3 is 0 Å². The Morgan fingerprint density at radius 2 is 2.04 bits per heavy atom. The zero-order valence-corrected chi connectivity index (χ0v) is 14.7. The highest BCUT2D eigenvalue weighted by Gasteiger charge is 2.27. The molecule has 0 N–H and O–H groups in total. The van der Waals surface area contributed by atoms with E-state index in [0.29, 0.717) is 29.1 Å². The van der Waals surface area contributed by atoms with Crippen LogP contribution in [-0.2, 0) is 11.3 Å². The molecule has 5 nitrogen and oxygen atoms in total. The number of halogens is 1. The summed E-state index contributed by atoms with van der Waals surface area (Å²) in [5, 5.41) is 0. The van der Waals surface area contributed by atoms with Crippen molar-refractivity contribution in [1.82, 2.24) is 4.98 Å². The van der Waals surface area contributed by atoms with Gasteiger partial charge in [0.05, 0.1) is 19.3 Å². The highest BCUT2D eigenvalue weighted by atomic mass is 19.1. The first kappa shape index (κ1) is 17.0. The molecule has 0 saturated carbocycles. The van der Waals surface area contributed by atoms with Crippen molar-refractivity contribution in [3.8, 4) is 22.6 Å². The van der Waals surface area contributed by atoms with Gasteiger partial charge in [-0.25, -0.2) is 4.39 Å². The Balaban J connectivity index is 1.73. The Hall–Kier alpha value is -3.41. The van der Waals surface area contributed by atoms with Gasteiger partial charge in [-0.3, -0.25) is 9.78 Å². The summed E-state index contributed by atoms with van der Waals surface area (Å²) in [5.41, 5.74) is 2.49. The number of amides is 1. The average molecular weight is 364 g/mol. The molecular formula is C21H17FN2O3. The van der Waals surface area contributed by atoms with Gasteiger partial charge < -0.3 is 14.4 Å². The minimum atomic E-state index is -0.416. The number of anilines is 1. The molecule has 0 saturated heterocycles. The molecule has 27 heavy (non-hydrogen) atoms. The maximum absolute atomic E-state index is 14.6. The second-order valence-electron chi connectivity index (χ2n) is 6.16. The van der Waals surface area contributed by atoms with Crippen molar-refractivity contribution in [2.75, 3.05) is 18.6 Å². The van der Waals surface area contributed by atoms with Gasteiger partial charge in [0.15, 0.2) is 6.61 Å². The van der Waals surface area contributed by atoms with Crippen LogP contribution >= 0.6 is 0 Å². The van der Waals surface area contributed by atoms with Crippen LogP contribution in [0.2, 0.25) is 0 Å². The fourth-order valence-electron chi connectivity index (χ4n) is 3.05. The van der Waals surface area contributed by atoms with Gasteiger partial charge in [-0.15, -0.1) is 0 Å². The summed E-state index contributed by atoms with van der Waals surface area (Å²) in [6, 6.07) is 14.0. The second-order valence-corrected chi connectivity index (χ2v) is 6.16. The van der Waals surface area contributed by atoms with Crippen LogP contribution < -0.4 is 14.4 Å². The third-order valence-corrected chi connectivity index (χ3v) is 4.46. The molecule has 0 radical (unpaired) electrons. The predicted octanol–water partition coefficient (Wildman–Crippen LogP) is 3.82. The molecule has 6 heteroatoms. The minimum Gasteiger partial charge on any atom is -0.497 e. The number of ether oxygens (including phenoxy) is 2. The van der Waals surface area contributed by atoms with Crippen LogP contribution in [-0.4, -0.2) is 24.6 Å². The Morgan fingerprint density at radius 1 is 1.22 bits per heavy atom. The molecule has 0 aliphatic carbocycles. The fraction of sp³-hybridized carbons (Fsp3) is 0.143. The number of nitrogens with zero attached hydrogens (tertiary/aromatic N) is 2. The van der Waals surface area contributed by atoms with Gasteiger partial charge in [-0.2, -0.15) is 0 Å². The summed E-state index contributed by atoms with van der Waals surface area (Å²) in [4.78, 5) is 18.1. The summed E-state index contributed by atoms with van der Waals surface area (Å²) in [6.45, 7) is 0.242. The Morgan fingerprint density at radius 3 is 2.74 bits per heavy atom. The second kappa shape index (κ2) is 7.07. The molecule has 0 fully saturated rings. The maximum atomic E-state index is 14.6. The lowest BCUT2D eigenvalue weighted by Gasteiger charge is -2.30. The molecule has 136 valence electrons. The molecule has 1 aliphatic heterocycles. The number of benzene rings is 2. The number of methoxy groups -OCH3 is 1. The van der Waals surface area contributed by atoms with Crippen molar-refractivity contribution < 1.29 is 18.7 Å². The largest absolute Gasteiger partial charge is 0.497 e. The van der Waals surface area contributed by atoms with Gasteiger partial charge in [0.1, 0.15) is 17.3 Å². The molecule has 4 rings (SSSR count). The van der Waals surface area contributed by atoms with Gasteiger partial charge in [-0.05, 0) is 29.8 Å². The van der Waals surface area contributed by atoms with Crippen LogP contribution in [0.3, 0.4) is 0 Å². The molecule has 0 spiro atoms. The van der Waals surface area contributed by atoms with E-state index in [0.717, 1.165) is 11.3 Å². The van der Waals surface area contributed by atoms with E-state index in [-0.39, 0.29) is 12.5 Å². The number of aromatic nitrogens is 1. The summed E-state index contributed by atoms with van der Waals surface area (Å²) >= 11 is 0. The SMILES string of the molecule is COc1ccc(CN2C(=O)COc3cc(F)c(-c4cccnc4)cc32)cc1.